The smallest absolute Gasteiger partial charge is 0.252 e. The summed E-state index contributed by atoms with van der Waals surface area (Å²) in [6, 6.07) is 8.85. The second-order valence-electron chi connectivity index (χ2n) is 5.99. The van der Waals surface area contributed by atoms with Gasteiger partial charge in [-0.15, -0.1) is 11.8 Å². The number of nitrogens with two attached hydrogens (primary N) is 1. The summed E-state index contributed by atoms with van der Waals surface area (Å²) in [4.78, 5) is 31.3. The van der Waals surface area contributed by atoms with Crippen molar-refractivity contribution in [3.63, 3.8) is 0 Å². The van der Waals surface area contributed by atoms with Crippen molar-refractivity contribution in [2.24, 2.45) is 0 Å². The van der Waals surface area contributed by atoms with Gasteiger partial charge in [0.05, 0.1) is 12.3 Å². The van der Waals surface area contributed by atoms with E-state index in [4.69, 9.17) is 10.8 Å². The zero-order chi connectivity index (χ0) is 17.8. The Morgan fingerprint density at radius 3 is 2.72 bits per heavy atom. The van der Waals surface area contributed by atoms with Gasteiger partial charge in [-0.1, -0.05) is 0 Å². The van der Waals surface area contributed by atoms with Gasteiger partial charge in [0.2, 0.25) is 5.95 Å². The van der Waals surface area contributed by atoms with Crippen molar-refractivity contribution in [2.75, 3.05) is 18.1 Å². The standard InChI is InChI=1S/C17H20N4O3S/c18-17-20-14(9-15(23)21-17)11-7-12(8-11)19-16(24)10-1-3-13(4-2-10)25-6-5-22/h1-4,9,11-12,22H,5-8H2,(H,19,24)(H3,18,20,21,23). The molecule has 1 aliphatic rings. The number of carbonyl (C=O) groups is 1. The largest absolute Gasteiger partial charge is 0.396 e. The number of amides is 1. The molecule has 0 atom stereocenters. The predicted molar refractivity (Wildman–Crippen MR) is 96.8 cm³/mol. The lowest BCUT2D eigenvalue weighted by atomic mass is 9.78. The van der Waals surface area contributed by atoms with Crippen molar-refractivity contribution in [1.82, 2.24) is 15.3 Å². The number of aromatic amines is 1. The summed E-state index contributed by atoms with van der Waals surface area (Å²) in [5.74, 6) is 0.789. The molecule has 1 aliphatic carbocycles. The predicted octanol–water partition coefficient (Wildman–Crippen LogP) is 1.11. The van der Waals surface area contributed by atoms with E-state index >= 15 is 0 Å². The van der Waals surface area contributed by atoms with Crippen LogP contribution >= 0.6 is 11.8 Å². The van der Waals surface area contributed by atoms with Crippen molar-refractivity contribution < 1.29 is 9.90 Å². The van der Waals surface area contributed by atoms with Crippen LogP contribution in [0.25, 0.3) is 0 Å². The molecule has 8 heteroatoms. The molecule has 1 saturated carbocycles. The summed E-state index contributed by atoms with van der Waals surface area (Å²) in [5.41, 5.74) is 6.59. The minimum absolute atomic E-state index is 0.0725. The number of nitrogens with zero attached hydrogens (tertiary/aromatic N) is 1. The van der Waals surface area contributed by atoms with Crippen LogP contribution in [0.2, 0.25) is 0 Å². The fourth-order valence-electron chi connectivity index (χ4n) is 2.82. The molecule has 3 rings (SSSR count). The average Bonchev–Trinajstić information content (AvgIpc) is 2.55. The van der Waals surface area contributed by atoms with E-state index in [-0.39, 0.29) is 36.0 Å². The third kappa shape index (κ3) is 4.40. The number of aliphatic hydroxyl groups excluding tert-OH is 1. The highest BCUT2D eigenvalue weighted by atomic mass is 32.2. The Balaban J connectivity index is 1.52. The van der Waals surface area contributed by atoms with Crippen LogP contribution < -0.4 is 16.6 Å². The highest BCUT2D eigenvalue weighted by Gasteiger charge is 2.32. The molecule has 1 aromatic heterocycles. The van der Waals surface area contributed by atoms with E-state index in [1.807, 2.05) is 12.1 Å². The highest BCUT2D eigenvalue weighted by Crippen LogP contribution is 2.35. The molecule has 1 heterocycles. The van der Waals surface area contributed by atoms with E-state index in [1.165, 1.54) is 6.07 Å². The number of rotatable bonds is 6. The fourth-order valence-corrected chi connectivity index (χ4v) is 3.47. The molecule has 7 nitrogen and oxygen atoms in total. The molecule has 1 aromatic carbocycles. The number of aromatic nitrogens is 2. The highest BCUT2D eigenvalue weighted by molar-refractivity contribution is 7.99. The molecule has 0 bridgehead atoms. The molecule has 0 radical (unpaired) electrons. The molecular formula is C17H20N4O3S. The van der Waals surface area contributed by atoms with Gasteiger partial charge in [0.1, 0.15) is 0 Å². The molecule has 25 heavy (non-hydrogen) atoms. The molecule has 0 unspecified atom stereocenters. The maximum Gasteiger partial charge on any atom is 0.252 e. The van der Waals surface area contributed by atoms with Crippen molar-refractivity contribution in [2.45, 2.75) is 29.7 Å². The maximum atomic E-state index is 12.3. The van der Waals surface area contributed by atoms with Crippen LogP contribution in [0.5, 0.6) is 0 Å². The topological polar surface area (TPSA) is 121 Å². The summed E-state index contributed by atoms with van der Waals surface area (Å²) < 4.78 is 0. The molecule has 5 N–H and O–H groups in total. The van der Waals surface area contributed by atoms with Gasteiger partial charge in [0, 0.05) is 34.2 Å². The number of aliphatic hydroxyl groups is 1. The van der Waals surface area contributed by atoms with Crippen LogP contribution in [0.3, 0.4) is 0 Å². The number of hydrogen-bond acceptors (Lipinski definition) is 6. The normalized spacial score (nSPS) is 19.2. The first-order valence-corrected chi connectivity index (χ1v) is 9.05. The lowest BCUT2D eigenvalue weighted by Gasteiger charge is -2.35. The van der Waals surface area contributed by atoms with Gasteiger partial charge in [-0.3, -0.25) is 14.6 Å². The first-order chi connectivity index (χ1) is 12.0. The van der Waals surface area contributed by atoms with E-state index in [2.05, 4.69) is 15.3 Å². The first kappa shape index (κ1) is 17.5. The average molecular weight is 360 g/mol. The van der Waals surface area contributed by atoms with Crippen LogP contribution in [-0.4, -0.2) is 39.4 Å². The fraction of sp³-hybridized carbons (Fsp3) is 0.353. The van der Waals surface area contributed by atoms with Crippen molar-refractivity contribution >= 4 is 23.6 Å². The zero-order valence-electron chi connectivity index (χ0n) is 13.6. The Morgan fingerprint density at radius 2 is 2.08 bits per heavy atom. The second kappa shape index (κ2) is 7.71. The maximum absolute atomic E-state index is 12.3. The third-order valence-corrected chi connectivity index (χ3v) is 5.14. The molecule has 0 aliphatic heterocycles. The number of nitrogen functional groups attached to an aromatic ring is 1. The van der Waals surface area contributed by atoms with Crippen molar-refractivity contribution in [3.05, 3.63) is 51.9 Å². The Labute approximate surface area is 149 Å². The van der Waals surface area contributed by atoms with Crippen molar-refractivity contribution in [1.29, 1.82) is 0 Å². The van der Waals surface area contributed by atoms with Gasteiger partial charge >= 0.3 is 0 Å². The van der Waals surface area contributed by atoms with Crippen LogP contribution in [0.1, 0.15) is 34.8 Å². The molecular weight excluding hydrogens is 340 g/mol. The zero-order valence-corrected chi connectivity index (χ0v) is 14.4. The van der Waals surface area contributed by atoms with E-state index in [1.54, 1.807) is 23.9 Å². The molecule has 0 saturated heterocycles. The van der Waals surface area contributed by atoms with Gasteiger partial charge in [-0.25, -0.2) is 4.98 Å². The number of hydrogen-bond donors (Lipinski definition) is 4. The van der Waals surface area contributed by atoms with Gasteiger partial charge < -0.3 is 16.2 Å². The number of nitrogens with one attached hydrogen (secondary N) is 2. The van der Waals surface area contributed by atoms with Crippen LogP contribution in [0.4, 0.5) is 5.95 Å². The number of carbonyl (C=O) groups excluding carboxylic acids is 1. The molecule has 1 fully saturated rings. The summed E-state index contributed by atoms with van der Waals surface area (Å²) in [7, 11) is 0. The Kier molecular flexibility index (Phi) is 5.40. The van der Waals surface area contributed by atoms with Gasteiger partial charge in [-0.05, 0) is 37.1 Å². The van der Waals surface area contributed by atoms with Crippen molar-refractivity contribution in [3.8, 4) is 0 Å². The minimum Gasteiger partial charge on any atom is -0.396 e. The summed E-state index contributed by atoms with van der Waals surface area (Å²) >= 11 is 1.54. The second-order valence-corrected chi connectivity index (χ2v) is 7.16. The van der Waals surface area contributed by atoms with Gasteiger partial charge in [0.25, 0.3) is 11.5 Å². The van der Waals surface area contributed by atoms with E-state index in [0.717, 1.165) is 17.7 Å². The molecule has 2 aromatic rings. The molecule has 1 amide bonds. The van der Waals surface area contributed by atoms with Gasteiger partial charge in [0.15, 0.2) is 0 Å². The number of benzene rings is 1. The molecule has 132 valence electrons. The van der Waals surface area contributed by atoms with E-state index in [9.17, 15) is 9.59 Å². The number of H-pyrrole nitrogens is 1. The Bertz CT molecular complexity index is 800. The summed E-state index contributed by atoms with van der Waals surface area (Å²) in [5, 5.41) is 11.8. The first-order valence-electron chi connectivity index (χ1n) is 8.06. The van der Waals surface area contributed by atoms with Crippen LogP contribution in [-0.2, 0) is 0 Å². The lowest BCUT2D eigenvalue weighted by Crippen LogP contribution is -2.43. The minimum atomic E-state index is -0.255. The number of thioether (sulfide) groups is 1. The van der Waals surface area contributed by atoms with E-state index < -0.39 is 0 Å². The number of anilines is 1. The Hall–Kier alpha value is -2.32. The monoisotopic (exact) mass is 360 g/mol. The SMILES string of the molecule is Nc1nc(C2CC(NC(=O)c3ccc(SCCO)cc3)C2)cc(=O)[nH]1. The Morgan fingerprint density at radius 1 is 1.36 bits per heavy atom. The van der Waals surface area contributed by atoms with Crippen LogP contribution in [0, 0.1) is 0 Å². The summed E-state index contributed by atoms with van der Waals surface area (Å²) in [6.45, 7) is 0.129. The third-order valence-electron chi connectivity index (χ3n) is 4.15. The lowest BCUT2D eigenvalue weighted by molar-refractivity contribution is 0.0908. The summed E-state index contributed by atoms with van der Waals surface area (Å²) in [6.07, 6.45) is 1.48. The quantitative estimate of drug-likeness (QED) is 0.573. The molecule has 0 spiro atoms. The van der Waals surface area contributed by atoms with Gasteiger partial charge in [-0.2, -0.15) is 0 Å². The van der Waals surface area contributed by atoms with Crippen LogP contribution in [0.15, 0.2) is 40.0 Å². The van der Waals surface area contributed by atoms with E-state index in [0.29, 0.717) is 17.0 Å².